The number of alkyl carbamates (subject to hydrolysis) is 1. The summed E-state index contributed by atoms with van der Waals surface area (Å²) in [6.45, 7) is 4.92. The predicted octanol–water partition coefficient (Wildman–Crippen LogP) is 0.938. The minimum atomic E-state index is -0.658. The van der Waals surface area contributed by atoms with Gasteiger partial charge in [-0.25, -0.2) is 4.79 Å². The van der Waals surface area contributed by atoms with Crippen LogP contribution < -0.4 is 10.8 Å². The summed E-state index contributed by atoms with van der Waals surface area (Å²) in [4.78, 5) is 37.0. The summed E-state index contributed by atoms with van der Waals surface area (Å²) in [6, 6.07) is 6.58. The fourth-order valence-electron chi connectivity index (χ4n) is 2.12. The van der Waals surface area contributed by atoms with E-state index < -0.39 is 23.7 Å². The van der Waals surface area contributed by atoms with E-state index in [1.54, 1.807) is 47.0 Å². The van der Waals surface area contributed by atoms with Crippen LogP contribution in [0.1, 0.15) is 32.8 Å². The van der Waals surface area contributed by atoms with Crippen LogP contribution in [-0.2, 0) is 25.5 Å². The third kappa shape index (κ3) is 9.68. The number of hydrogen-bond donors (Lipinski definition) is 1. The second-order valence-corrected chi connectivity index (χ2v) is 7.44. The topological polar surface area (TPSA) is 84.9 Å². The van der Waals surface area contributed by atoms with Gasteiger partial charge in [-0.1, -0.05) is 29.7 Å². The molecule has 0 saturated heterocycles. The highest BCUT2D eigenvalue weighted by Gasteiger charge is 2.22. The smallest absolute Gasteiger partial charge is 0.407 e. The monoisotopic (exact) mass is 374 g/mol. The van der Waals surface area contributed by atoms with Crippen LogP contribution in [0.3, 0.4) is 0 Å². The van der Waals surface area contributed by atoms with E-state index in [-0.39, 0.29) is 18.9 Å². The molecule has 146 valence electrons. The fourth-order valence-corrected chi connectivity index (χ4v) is 2.12. The van der Waals surface area contributed by atoms with Gasteiger partial charge in [0, 0.05) is 20.1 Å². The lowest BCUT2D eigenvalue weighted by molar-refractivity contribution is -0.151. The zero-order chi connectivity index (χ0) is 20.6. The van der Waals surface area contributed by atoms with Gasteiger partial charge >= 0.3 is 12.1 Å². The van der Waals surface area contributed by atoms with Crippen LogP contribution in [0.25, 0.3) is 0 Å². The molecule has 1 rings (SSSR count). The van der Waals surface area contributed by atoms with Crippen molar-refractivity contribution in [3.63, 3.8) is 0 Å². The van der Waals surface area contributed by atoms with Crippen LogP contribution in [0.2, 0.25) is 0 Å². The highest BCUT2D eigenvalue weighted by atomic mass is 16.6. The number of amides is 2. The van der Waals surface area contributed by atoms with Crippen molar-refractivity contribution in [1.29, 1.82) is 0 Å². The molecule has 2 amide bonds. The lowest BCUT2D eigenvalue weighted by atomic mass is 9.93. The molecule has 0 aliphatic carbocycles. The largest absolute Gasteiger partial charge is 0.456 e. The van der Waals surface area contributed by atoms with E-state index in [1.165, 1.54) is 4.90 Å². The Morgan fingerprint density at radius 2 is 1.74 bits per heavy atom. The molecule has 7 nitrogen and oxygen atoms in total. The van der Waals surface area contributed by atoms with Gasteiger partial charge < -0.3 is 19.7 Å². The van der Waals surface area contributed by atoms with Gasteiger partial charge in [-0.3, -0.25) is 9.59 Å². The molecule has 1 aromatic rings. The van der Waals surface area contributed by atoms with Crippen molar-refractivity contribution >= 4 is 31.3 Å². The molecule has 1 atom stereocenters. The molecule has 0 aliphatic rings. The minimum Gasteiger partial charge on any atom is -0.456 e. The molecule has 1 aromatic carbocycles. The molecule has 0 spiro atoms. The first-order valence-corrected chi connectivity index (χ1v) is 8.66. The number of rotatable bonds is 7. The van der Waals surface area contributed by atoms with Gasteiger partial charge in [-0.05, 0) is 32.8 Å². The van der Waals surface area contributed by atoms with E-state index in [0.29, 0.717) is 11.9 Å². The first-order valence-electron chi connectivity index (χ1n) is 8.66. The number of benzene rings is 1. The van der Waals surface area contributed by atoms with Crippen molar-refractivity contribution in [2.75, 3.05) is 20.7 Å². The van der Waals surface area contributed by atoms with Crippen LogP contribution in [0, 0.1) is 0 Å². The molecule has 0 bridgehead atoms. The number of nitrogens with zero attached hydrogens (tertiary/aromatic N) is 1. The Kier molecular flexibility index (Phi) is 8.34. The maximum atomic E-state index is 12.1. The number of ether oxygens (including phenoxy) is 2. The lowest BCUT2D eigenvalue weighted by Crippen LogP contribution is -2.41. The van der Waals surface area contributed by atoms with Gasteiger partial charge in [0.2, 0.25) is 0 Å². The molecular formula is C19H27BN2O5. The van der Waals surface area contributed by atoms with Crippen molar-refractivity contribution in [3.05, 3.63) is 29.8 Å². The maximum absolute atomic E-state index is 12.1. The quantitative estimate of drug-likeness (QED) is 0.567. The normalized spacial score (nSPS) is 12.0. The molecule has 2 radical (unpaired) electrons. The second kappa shape index (κ2) is 9.99. The standard InChI is InChI=1S/C19H27BN2O5/c1-19(2,3)27-18(25)21-15(10-13-6-8-14(20)9-7-13)11-17(24)26-12-16(23)22(4)5/h6-9,15H,10-12H2,1-5H3,(H,21,25)/t15-/m1/s1. The Morgan fingerprint density at radius 1 is 1.15 bits per heavy atom. The number of likely N-dealkylation sites (N-methyl/N-ethyl adjacent to an activating group) is 1. The van der Waals surface area contributed by atoms with Gasteiger partial charge in [-0.2, -0.15) is 0 Å². The second-order valence-electron chi connectivity index (χ2n) is 7.44. The molecule has 27 heavy (non-hydrogen) atoms. The zero-order valence-electron chi connectivity index (χ0n) is 16.6. The molecule has 0 fully saturated rings. The molecule has 1 N–H and O–H groups in total. The van der Waals surface area contributed by atoms with E-state index in [2.05, 4.69) is 5.32 Å². The number of nitrogens with one attached hydrogen (secondary N) is 1. The van der Waals surface area contributed by atoms with Crippen molar-refractivity contribution in [3.8, 4) is 0 Å². The van der Waals surface area contributed by atoms with Crippen molar-refractivity contribution in [2.45, 2.75) is 45.3 Å². The van der Waals surface area contributed by atoms with Gasteiger partial charge in [0.15, 0.2) is 6.61 Å². The van der Waals surface area contributed by atoms with Crippen molar-refractivity contribution in [2.24, 2.45) is 0 Å². The van der Waals surface area contributed by atoms with E-state index >= 15 is 0 Å². The highest BCUT2D eigenvalue weighted by molar-refractivity contribution is 6.32. The van der Waals surface area contributed by atoms with Gasteiger partial charge in [0.05, 0.1) is 6.42 Å². The number of esters is 1. The molecule has 0 heterocycles. The SMILES string of the molecule is [B]c1ccc(C[C@H](CC(=O)OCC(=O)N(C)C)NC(=O)OC(C)(C)C)cc1. The third-order valence-electron chi connectivity index (χ3n) is 3.45. The van der Waals surface area contributed by atoms with E-state index in [9.17, 15) is 14.4 Å². The van der Waals surface area contributed by atoms with E-state index in [4.69, 9.17) is 17.3 Å². The Balaban J connectivity index is 2.74. The average molecular weight is 374 g/mol. The Hall–Kier alpha value is -2.51. The van der Waals surface area contributed by atoms with Crippen LogP contribution in [0.5, 0.6) is 0 Å². The first kappa shape index (κ1) is 22.5. The molecular weight excluding hydrogens is 347 g/mol. The number of carbonyl (C=O) groups is 3. The van der Waals surface area contributed by atoms with Gasteiger partial charge in [0.25, 0.3) is 5.91 Å². The van der Waals surface area contributed by atoms with E-state index in [1.807, 2.05) is 12.1 Å². The molecule has 0 unspecified atom stereocenters. The van der Waals surface area contributed by atoms with Gasteiger partial charge in [0.1, 0.15) is 13.4 Å². The number of hydrogen-bond acceptors (Lipinski definition) is 5. The molecule has 0 aromatic heterocycles. The Morgan fingerprint density at radius 3 is 2.26 bits per heavy atom. The van der Waals surface area contributed by atoms with E-state index in [0.717, 1.165) is 5.56 Å². The maximum Gasteiger partial charge on any atom is 0.407 e. The first-order chi connectivity index (χ1) is 12.5. The fraction of sp³-hybridized carbons (Fsp3) is 0.526. The molecule has 8 heteroatoms. The van der Waals surface area contributed by atoms with Crippen molar-refractivity contribution < 1.29 is 23.9 Å². The van der Waals surface area contributed by atoms with Gasteiger partial charge in [-0.15, -0.1) is 0 Å². The van der Waals surface area contributed by atoms with Crippen LogP contribution in [-0.4, -0.2) is 63.1 Å². The predicted molar refractivity (Wildman–Crippen MR) is 103 cm³/mol. The van der Waals surface area contributed by atoms with Crippen LogP contribution in [0.15, 0.2) is 24.3 Å². The van der Waals surface area contributed by atoms with Crippen LogP contribution in [0.4, 0.5) is 4.79 Å². The molecule has 0 saturated carbocycles. The number of carbonyl (C=O) groups excluding carboxylic acids is 3. The third-order valence-corrected chi connectivity index (χ3v) is 3.45. The lowest BCUT2D eigenvalue weighted by Gasteiger charge is -2.23. The van der Waals surface area contributed by atoms with Crippen molar-refractivity contribution in [1.82, 2.24) is 10.2 Å². The van der Waals surface area contributed by atoms with Crippen LogP contribution >= 0.6 is 0 Å². The Labute approximate surface area is 161 Å². The molecule has 0 aliphatic heterocycles. The average Bonchev–Trinajstić information content (AvgIpc) is 2.52. The summed E-state index contributed by atoms with van der Waals surface area (Å²) in [5.41, 5.74) is 0.855. The highest BCUT2D eigenvalue weighted by Crippen LogP contribution is 2.10. The minimum absolute atomic E-state index is 0.0929. The summed E-state index contributed by atoms with van der Waals surface area (Å²) in [5.74, 6) is -0.903. The summed E-state index contributed by atoms with van der Waals surface area (Å²) in [7, 11) is 8.83. The summed E-state index contributed by atoms with van der Waals surface area (Å²) in [5, 5.41) is 2.69. The summed E-state index contributed by atoms with van der Waals surface area (Å²) in [6.07, 6.45) is -0.333. The summed E-state index contributed by atoms with van der Waals surface area (Å²) >= 11 is 0. The summed E-state index contributed by atoms with van der Waals surface area (Å²) < 4.78 is 10.2. The zero-order valence-corrected chi connectivity index (χ0v) is 16.6. The Bertz CT molecular complexity index is 653.